The van der Waals surface area contributed by atoms with Crippen LogP contribution in [0, 0.1) is 0 Å². The first-order chi connectivity index (χ1) is 13.6. The third kappa shape index (κ3) is 11.4. The van der Waals surface area contributed by atoms with Crippen molar-refractivity contribution in [2.24, 2.45) is 0 Å². The van der Waals surface area contributed by atoms with Crippen molar-refractivity contribution in [3.8, 4) is 0 Å². The number of ether oxygens (including phenoxy) is 4. The molecule has 0 aliphatic heterocycles. The molecule has 0 aromatic rings. The molecule has 0 radical (unpaired) electrons. The number of imide groups is 1. The standard InChI is InChI=1S/C21H35NO8/c1-14(2)28-18(25)22(19(26)30-21(6,7)8)15(17(24)29-20(3,4)5)12-10-11-13-16(23)27-9/h11,13-15H,10,12H2,1-9H3/b13-11+/t15-/m0/s1. The first-order valence-corrected chi connectivity index (χ1v) is 9.77. The van der Waals surface area contributed by atoms with Gasteiger partial charge in [-0.05, 0) is 68.2 Å². The summed E-state index contributed by atoms with van der Waals surface area (Å²) in [5.41, 5.74) is -1.75. The Kier molecular flexibility index (Phi) is 10.6. The number of rotatable bonds is 7. The molecule has 0 N–H and O–H groups in total. The first kappa shape index (κ1) is 27.4. The number of hydrogen-bond acceptors (Lipinski definition) is 8. The number of esters is 2. The fraction of sp³-hybridized carbons (Fsp3) is 0.714. The van der Waals surface area contributed by atoms with Gasteiger partial charge in [0.15, 0.2) is 0 Å². The topological polar surface area (TPSA) is 108 Å². The number of methoxy groups -OCH3 is 1. The van der Waals surface area contributed by atoms with Crippen molar-refractivity contribution in [1.29, 1.82) is 0 Å². The molecular formula is C21H35NO8. The number of amides is 2. The van der Waals surface area contributed by atoms with Crippen molar-refractivity contribution in [2.75, 3.05) is 7.11 Å². The Balaban J connectivity index is 5.91. The number of allylic oxidation sites excluding steroid dienone is 1. The van der Waals surface area contributed by atoms with Crippen molar-refractivity contribution >= 4 is 24.1 Å². The molecule has 0 heterocycles. The number of nitrogens with zero attached hydrogens (tertiary/aromatic N) is 1. The van der Waals surface area contributed by atoms with Gasteiger partial charge < -0.3 is 18.9 Å². The minimum Gasteiger partial charge on any atom is -0.466 e. The van der Waals surface area contributed by atoms with Gasteiger partial charge in [0.25, 0.3) is 0 Å². The highest BCUT2D eigenvalue weighted by Gasteiger charge is 2.40. The molecule has 0 aliphatic rings. The second-order valence-corrected chi connectivity index (χ2v) is 8.84. The Morgan fingerprint density at radius 2 is 1.43 bits per heavy atom. The summed E-state index contributed by atoms with van der Waals surface area (Å²) >= 11 is 0. The first-order valence-electron chi connectivity index (χ1n) is 9.77. The molecule has 1 atom stereocenters. The zero-order valence-electron chi connectivity index (χ0n) is 19.4. The summed E-state index contributed by atoms with van der Waals surface area (Å²) in [7, 11) is 1.24. The third-order valence-corrected chi connectivity index (χ3v) is 3.18. The van der Waals surface area contributed by atoms with E-state index in [-0.39, 0.29) is 12.8 Å². The summed E-state index contributed by atoms with van der Waals surface area (Å²) < 4.78 is 20.4. The van der Waals surface area contributed by atoms with E-state index in [0.717, 1.165) is 0 Å². The molecule has 0 saturated carbocycles. The van der Waals surface area contributed by atoms with Crippen LogP contribution in [-0.4, -0.2) is 59.5 Å². The van der Waals surface area contributed by atoms with Crippen LogP contribution in [0.5, 0.6) is 0 Å². The summed E-state index contributed by atoms with van der Waals surface area (Å²) in [6.07, 6.45) is 0.275. The van der Waals surface area contributed by atoms with Crippen molar-refractivity contribution < 1.29 is 38.1 Å². The summed E-state index contributed by atoms with van der Waals surface area (Å²) in [6.45, 7) is 13.2. The Morgan fingerprint density at radius 1 is 0.900 bits per heavy atom. The van der Waals surface area contributed by atoms with Gasteiger partial charge in [-0.1, -0.05) is 6.08 Å². The van der Waals surface area contributed by atoms with Gasteiger partial charge in [0.05, 0.1) is 13.2 Å². The molecule has 0 unspecified atom stereocenters. The van der Waals surface area contributed by atoms with Crippen molar-refractivity contribution in [3.05, 3.63) is 12.2 Å². The molecular weight excluding hydrogens is 394 g/mol. The van der Waals surface area contributed by atoms with Crippen LogP contribution in [0.25, 0.3) is 0 Å². The minimum atomic E-state index is -1.31. The van der Waals surface area contributed by atoms with Gasteiger partial charge in [-0.15, -0.1) is 0 Å². The van der Waals surface area contributed by atoms with Gasteiger partial charge in [-0.25, -0.2) is 19.2 Å². The Morgan fingerprint density at radius 3 is 1.87 bits per heavy atom. The summed E-state index contributed by atoms with van der Waals surface area (Å²) in [4.78, 5) is 50.2. The molecule has 0 rings (SSSR count). The van der Waals surface area contributed by atoms with Crippen LogP contribution in [0.4, 0.5) is 9.59 Å². The van der Waals surface area contributed by atoms with Crippen molar-refractivity contribution in [3.63, 3.8) is 0 Å². The SMILES string of the molecule is COC(=O)/C=C/CC[C@@H](C(=O)OC(C)(C)C)N(C(=O)OC(C)C)C(=O)OC(C)(C)C. The molecule has 0 aromatic carbocycles. The second-order valence-electron chi connectivity index (χ2n) is 8.84. The molecule has 0 spiro atoms. The number of carbonyl (C=O) groups is 4. The van der Waals surface area contributed by atoms with E-state index in [1.54, 1.807) is 55.4 Å². The van der Waals surface area contributed by atoms with Crippen LogP contribution < -0.4 is 0 Å². The molecule has 172 valence electrons. The molecule has 9 nitrogen and oxygen atoms in total. The highest BCUT2D eigenvalue weighted by molar-refractivity contribution is 5.94. The van der Waals surface area contributed by atoms with Gasteiger partial charge in [0.2, 0.25) is 0 Å². The van der Waals surface area contributed by atoms with Crippen LogP contribution in [0.1, 0.15) is 68.2 Å². The average molecular weight is 430 g/mol. The summed E-state index contributed by atoms with van der Waals surface area (Å²) in [6, 6.07) is -1.31. The molecule has 2 amide bonds. The Labute approximate surface area is 178 Å². The van der Waals surface area contributed by atoms with Crippen LogP contribution in [-0.2, 0) is 28.5 Å². The maximum atomic E-state index is 12.8. The van der Waals surface area contributed by atoms with Gasteiger partial charge in [0, 0.05) is 6.08 Å². The van der Waals surface area contributed by atoms with Gasteiger partial charge in [0.1, 0.15) is 17.2 Å². The molecule has 30 heavy (non-hydrogen) atoms. The van der Waals surface area contributed by atoms with E-state index in [2.05, 4.69) is 4.74 Å². The smallest absolute Gasteiger partial charge is 0.420 e. The van der Waals surface area contributed by atoms with E-state index in [1.165, 1.54) is 19.3 Å². The van der Waals surface area contributed by atoms with Gasteiger partial charge >= 0.3 is 24.1 Å². The zero-order chi connectivity index (χ0) is 23.7. The lowest BCUT2D eigenvalue weighted by Gasteiger charge is -2.32. The van der Waals surface area contributed by atoms with E-state index < -0.39 is 47.5 Å². The fourth-order valence-electron chi connectivity index (χ4n) is 2.12. The average Bonchev–Trinajstić information content (AvgIpc) is 2.52. The maximum absolute atomic E-state index is 12.8. The van der Waals surface area contributed by atoms with E-state index >= 15 is 0 Å². The van der Waals surface area contributed by atoms with E-state index in [4.69, 9.17) is 14.2 Å². The normalized spacial score (nSPS) is 13.0. The summed E-state index contributed by atoms with van der Waals surface area (Å²) in [5, 5.41) is 0. The molecule has 0 saturated heterocycles. The van der Waals surface area contributed by atoms with E-state index in [0.29, 0.717) is 4.90 Å². The van der Waals surface area contributed by atoms with Crippen LogP contribution >= 0.6 is 0 Å². The highest BCUT2D eigenvalue weighted by atomic mass is 16.6. The predicted molar refractivity (Wildman–Crippen MR) is 110 cm³/mol. The Hall–Kier alpha value is -2.58. The quantitative estimate of drug-likeness (QED) is 0.339. The van der Waals surface area contributed by atoms with Gasteiger partial charge in [-0.2, -0.15) is 4.90 Å². The largest absolute Gasteiger partial charge is 0.466 e. The van der Waals surface area contributed by atoms with Crippen molar-refractivity contribution in [1.82, 2.24) is 4.90 Å². The number of hydrogen-bond donors (Lipinski definition) is 0. The Bertz CT molecular complexity index is 640. The molecule has 0 aliphatic carbocycles. The lowest BCUT2D eigenvalue weighted by Crippen LogP contribution is -2.52. The van der Waals surface area contributed by atoms with Crippen LogP contribution in [0.3, 0.4) is 0 Å². The lowest BCUT2D eigenvalue weighted by atomic mass is 10.1. The lowest BCUT2D eigenvalue weighted by molar-refractivity contribution is -0.161. The highest BCUT2D eigenvalue weighted by Crippen LogP contribution is 2.20. The van der Waals surface area contributed by atoms with E-state index in [1.807, 2.05) is 0 Å². The monoisotopic (exact) mass is 429 g/mol. The molecule has 0 fully saturated rings. The molecule has 0 aromatic heterocycles. The van der Waals surface area contributed by atoms with Crippen molar-refractivity contribution in [2.45, 2.75) is 91.6 Å². The zero-order valence-corrected chi connectivity index (χ0v) is 19.4. The second kappa shape index (κ2) is 11.6. The van der Waals surface area contributed by atoms with E-state index in [9.17, 15) is 19.2 Å². The fourth-order valence-corrected chi connectivity index (χ4v) is 2.12. The van der Waals surface area contributed by atoms with Crippen LogP contribution in [0.15, 0.2) is 12.2 Å². The number of carbonyl (C=O) groups excluding carboxylic acids is 4. The van der Waals surface area contributed by atoms with Crippen LogP contribution in [0.2, 0.25) is 0 Å². The minimum absolute atomic E-state index is 0.00511. The third-order valence-electron chi connectivity index (χ3n) is 3.18. The summed E-state index contributed by atoms with van der Waals surface area (Å²) in [5.74, 6) is -1.35. The molecule has 0 bridgehead atoms. The van der Waals surface area contributed by atoms with Gasteiger partial charge in [-0.3, -0.25) is 0 Å². The predicted octanol–water partition coefficient (Wildman–Crippen LogP) is 3.99. The molecule has 9 heteroatoms. The maximum Gasteiger partial charge on any atom is 0.420 e.